The number of H-pyrrole nitrogens is 1. The number of carbonyl (C=O) groups excluding carboxylic acids is 4. The van der Waals surface area contributed by atoms with E-state index >= 15 is 0 Å². The van der Waals surface area contributed by atoms with Crippen LogP contribution in [0.4, 0.5) is 5.69 Å². The van der Waals surface area contributed by atoms with E-state index in [4.69, 9.17) is 0 Å². The van der Waals surface area contributed by atoms with Gasteiger partial charge in [-0.05, 0) is 43.5 Å². The highest BCUT2D eigenvalue weighted by molar-refractivity contribution is 6.17. The van der Waals surface area contributed by atoms with Crippen LogP contribution in [0.2, 0.25) is 0 Å². The van der Waals surface area contributed by atoms with Gasteiger partial charge in [0.15, 0.2) is 0 Å². The number of carbonyl (C=O) groups is 4. The first-order valence-electron chi connectivity index (χ1n) is 15.3. The zero-order valence-corrected chi connectivity index (χ0v) is 24.8. The van der Waals surface area contributed by atoms with Crippen molar-refractivity contribution in [2.45, 2.75) is 38.4 Å². The van der Waals surface area contributed by atoms with Crippen molar-refractivity contribution in [3.05, 3.63) is 102 Å². The molecule has 4 aromatic rings. The number of fused-ring (bicyclic) bond motifs is 5. The summed E-state index contributed by atoms with van der Waals surface area (Å²) in [5, 5.41) is 4.62. The number of benzene rings is 3. The molecular formula is C35H35N5O4. The quantitative estimate of drug-likeness (QED) is 0.306. The van der Waals surface area contributed by atoms with E-state index < -0.39 is 23.4 Å². The number of aromatic nitrogens is 1. The molecule has 4 amide bonds. The van der Waals surface area contributed by atoms with Gasteiger partial charge in [-0.3, -0.25) is 29.4 Å². The van der Waals surface area contributed by atoms with Crippen LogP contribution in [0, 0.1) is 11.8 Å². The molecule has 3 aliphatic heterocycles. The average molecular weight is 590 g/mol. The van der Waals surface area contributed by atoms with Crippen LogP contribution in [0.1, 0.15) is 30.5 Å². The summed E-state index contributed by atoms with van der Waals surface area (Å²) in [4.78, 5) is 64.6. The van der Waals surface area contributed by atoms with Gasteiger partial charge in [-0.1, -0.05) is 66.7 Å². The van der Waals surface area contributed by atoms with Gasteiger partial charge in [0, 0.05) is 47.5 Å². The maximum atomic E-state index is 14.7. The molecule has 7 rings (SSSR count). The Hall–Kier alpha value is -4.76. The van der Waals surface area contributed by atoms with Crippen LogP contribution < -0.4 is 10.2 Å². The monoisotopic (exact) mass is 589 g/mol. The van der Waals surface area contributed by atoms with Crippen molar-refractivity contribution < 1.29 is 19.2 Å². The standard InChI is InChI=1S/C35H35N5O4/c1-3-38(4-2)29(41)21-39-28-17-11-9-15-25(28)35(34(39)44)31-30(32(42)40(33(31)43)20-22-12-6-5-7-13-22)27(37-35)18-23-19-36-26-16-10-8-14-24(23)26/h5-17,19,27,30-31,36-37H,3-4,18,20-21H2,1-2H3. The Bertz CT molecular complexity index is 1780. The van der Waals surface area contributed by atoms with Crippen LogP contribution in [-0.4, -0.2) is 64.1 Å². The Morgan fingerprint density at radius 2 is 1.57 bits per heavy atom. The lowest BCUT2D eigenvalue weighted by Crippen LogP contribution is -2.56. The number of likely N-dealkylation sites (N-methyl/N-ethyl adjacent to an activating group) is 1. The van der Waals surface area contributed by atoms with Gasteiger partial charge in [0.05, 0.1) is 18.4 Å². The highest BCUT2D eigenvalue weighted by atomic mass is 16.2. The first kappa shape index (κ1) is 28.0. The van der Waals surface area contributed by atoms with E-state index in [0.717, 1.165) is 22.0 Å². The summed E-state index contributed by atoms with van der Waals surface area (Å²) < 4.78 is 0. The molecule has 224 valence electrons. The van der Waals surface area contributed by atoms with Crippen molar-refractivity contribution in [2.24, 2.45) is 11.8 Å². The Morgan fingerprint density at radius 3 is 2.34 bits per heavy atom. The van der Waals surface area contributed by atoms with E-state index in [-0.39, 0.29) is 36.7 Å². The van der Waals surface area contributed by atoms with Crippen LogP contribution in [0.5, 0.6) is 0 Å². The molecule has 2 N–H and O–H groups in total. The molecule has 9 nitrogen and oxygen atoms in total. The summed E-state index contributed by atoms with van der Waals surface area (Å²) >= 11 is 0. The normalized spacial score (nSPS) is 24.0. The predicted molar refractivity (Wildman–Crippen MR) is 166 cm³/mol. The van der Waals surface area contributed by atoms with Gasteiger partial charge in [-0.15, -0.1) is 0 Å². The fourth-order valence-corrected chi connectivity index (χ4v) is 7.61. The van der Waals surface area contributed by atoms with Crippen LogP contribution >= 0.6 is 0 Å². The average Bonchev–Trinajstić information content (AvgIpc) is 3.74. The van der Waals surface area contributed by atoms with Crippen LogP contribution in [0.3, 0.4) is 0 Å². The molecule has 2 fully saturated rings. The van der Waals surface area contributed by atoms with Gasteiger partial charge in [0.2, 0.25) is 17.7 Å². The molecule has 4 unspecified atom stereocenters. The number of imide groups is 1. The Balaban J connectivity index is 1.33. The second kappa shape index (κ2) is 10.7. The Kier molecular flexibility index (Phi) is 6.85. The number of nitrogens with zero attached hydrogens (tertiary/aromatic N) is 3. The molecule has 0 radical (unpaired) electrons. The summed E-state index contributed by atoms with van der Waals surface area (Å²) in [6.45, 7) is 4.88. The summed E-state index contributed by atoms with van der Waals surface area (Å²) in [5.41, 5.74) is 2.58. The molecule has 44 heavy (non-hydrogen) atoms. The first-order chi connectivity index (χ1) is 21.4. The maximum Gasteiger partial charge on any atom is 0.253 e. The molecule has 0 bridgehead atoms. The number of rotatable bonds is 8. The number of hydrogen-bond donors (Lipinski definition) is 2. The van der Waals surface area contributed by atoms with E-state index in [1.54, 1.807) is 4.90 Å². The molecule has 0 aliphatic carbocycles. The minimum atomic E-state index is -1.47. The molecule has 3 aliphatic rings. The van der Waals surface area contributed by atoms with Crippen LogP contribution in [-0.2, 0) is 37.7 Å². The number of aromatic amines is 1. The lowest BCUT2D eigenvalue weighted by molar-refractivity contribution is -0.143. The fraction of sp³-hybridized carbons (Fsp3) is 0.314. The number of para-hydroxylation sites is 2. The topological polar surface area (TPSA) is 106 Å². The minimum absolute atomic E-state index is 0.138. The SMILES string of the molecule is CCN(CC)C(=O)CN1C(=O)C2(NC(Cc3c[nH]c4ccccc34)C3C(=O)N(Cc4ccccc4)C(=O)C32)c2ccccc21. The summed E-state index contributed by atoms with van der Waals surface area (Å²) in [5.74, 6) is -2.87. The molecule has 1 aromatic heterocycles. The smallest absolute Gasteiger partial charge is 0.253 e. The van der Waals surface area contributed by atoms with Gasteiger partial charge in [-0.25, -0.2) is 0 Å². The van der Waals surface area contributed by atoms with Gasteiger partial charge in [-0.2, -0.15) is 0 Å². The third-order valence-electron chi connectivity index (χ3n) is 9.67. The molecule has 4 atom stereocenters. The zero-order chi connectivity index (χ0) is 30.6. The Labute approximate surface area is 255 Å². The molecule has 3 aromatic carbocycles. The molecule has 0 saturated carbocycles. The fourth-order valence-electron chi connectivity index (χ4n) is 7.61. The van der Waals surface area contributed by atoms with Gasteiger partial charge in [0.1, 0.15) is 12.1 Å². The van der Waals surface area contributed by atoms with Crippen molar-refractivity contribution in [1.29, 1.82) is 0 Å². The second-order valence-corrected chi connectivity index (χ2v) is 11.8. The van der Waals surface area contributed by atoms with Crippen molar-refractivity contribution in [2.75, 3.05) is 24.5 Å². The van der Waals surface area contributed by atoms with E-state index in [0.29, 0.717) is 30.8 Å². The van der Waals surface area contributed by atoms with Crippen LogP contribution in [0.15, 0.2) is 85.1 Å². The largest absolute Gasteiger partial charge is 0.361 e. The second-order valence-electron chi connectivity index (χ2n) is 11.8. The molecule has 1 spiro atoms. The number of hydrogen-bond acceptors (Lipinski definition) is 5. The number of likely N-dealkylation sites (tertiary alicyclic amines) is 1. The first-order valence-corrected chi connectivity index (χ1v) is 15.3. The molecule has 4 heterocycles. The van der Waals surface area contributed by atoms with E-state index in [1.165, 1.54) is 9.80 Å². The van der Waals surface area contributed by atoms with Gasteiger partial charge >= 0.3 is 0 Å². The van der Waals surface area contributed by atoms with Crippen molar-refractivity contribution in [3.63, 3.8) is 0 Å². The molecule has 2 saturated heterocycles. The van der Waals surface area contributed by atoms with Crippen molar-refractivity contribution in [3.8, 4) is 0 Å². The maximum absolute atomic E-state index is 14.7. The number of amides is 4. The third-order valence-corrected chi connectivity index (χ3v) is 9.67. The lowest BCUT2D eigenvalue weighted by atomic mass is 9.76. The molecular weight excluding hydrogens is 554 g/mol. The molecule has 9 heteroatoms. The summed E-state index contributed by atoms with van der Waals surface area (Å²) in [6.07, 6.45) is 2.38. The lowest BCUT2D eigenvalue weighted by Gasteiger charge is -2.31. The Morgan fingerprint density at radius 1 is 0.864 bits per heavy atom. The summed E-state index contributed by atoms with van der Waals surface area (Å²) in [7, 11) is 0. The summed E-state index contributed by atoms with van der Waals surface area (Å²) in [6, 6.07) is 24.3. The van der Waals surface area contributed by atoms with E-state index in [1.807, 2.05) is 98.9 Å². The minimum Gasteiger partial charge on any atom is -0.361 e. The third kappa shape index (κ3) is 4.10. The van der Waals surface area contributed by atoms with E-state index in [9.17, 15) is 19.2 Å². The number of nitrogens with one attached hydrogen (secondary N) is 2. The van der Waals surface area contributed by atoms with Crippen molar-refractivity contribution in [1.82, 2.24) is 20.1 Å². The van der Waals surface area contributed by atoms with Gasteiger partial charge < -0.3 is 14.8 Å². The number of anilines is 1. The highest BCUT2D eigenvalue weighted by Gasteiger charge is 2.71. The van der Waals surface area contributed by atoms with E-state index in [2.05, 4.69) is 10.3 Å². The van der Waals surface area contributed by atoms with Gasteiger partial charge in [0.25, 0.3) is 5.91 Å². The zero-order valence-electron chi connectivity index (χ0n) is 24.8. The predicted octanol–water partition coefficient (Wildman–Crippen LogP) is 3.59. The highest BCUT2D eigenvalue weighted by Crippen LogP contribution is 2.55. The van der Waals surface area contributed by atoms with Crippen LogP contribution in [0.25, 0.3) is 10.9 Å². The van der Waals surface area contributed by atoms with Crippen molar-refractivity contribution >= 4 is 40.2 Å².